The van der Waals surface area contributed by atoms with Crippen molar-refractivity contribution < 1.29 is 9.05 Å². The zero-order valence-corrected chi connectivity index (χ0v) is 7.36. The van der Waals surface area contributed by atoms with Crippen LogP contribution in [-0.4, -0.2) is 25.5 Å². The van der Waals surface area contributed by atoms with Crippen LogP contribution in [-0.2, 0) is 9.05 Å². The zero-order chi connectivity index (χ0) is 8.04. The molecule has 0 fully saturated rings. The molecule has 0 amide bonds. The van der Waals surface area contributed by atoms with Crippen LogP contribution in [0.4, 0.5) is 0 Å². The summed E-state index contributed by atoms with van der Waals surface area (Å²) in [5.41, 5.74) is 0. The fraction of sp³-hybridized carbons (Fsp3) is 0.667. The van der Waals surface area contributed by atoms with Crippen molar-refractivity contribution in [2.75, 3.05) is 13.2 Å². The Morgan fingerprint density at radius 3 is 2.00 bits per heavy atom. The third kappa shape index (κ3) is 3.16. The number of nitrogens with one attached hydrogen (secondary N) is 1. The van der Waals surface area contributed by atoms with Crippen molar-refractivity contribution in [3.8, 4) is 0 Å². The molecule has 0 aromatic heterocycles. The standard InChI is InChI=1S/C6H14NO2P/c1-4-8-10(3,6-7)9-5-2/h6-7H,3-5H2,1-2H3. The van der Waals surface area contributed by atoms with Gasteiger partial charge in [0, 0.05) is 0 Å². The predicted octanol–water partition coefficient (Wildman–Crippen LogP) is 1.95. The van der Waals surface area contributed by atoms with Gasteiger partial charge in [-0.05, 0) is 20.1 Å². The molecule has 0 saturated carbocycles. The molecule has 0 aliphatic heterocycles. The monoisotopic (exact) mass is 163 g/mol. The number of rotatable bonds is 5. The van der Waals surface area contributed by atoms with Gasteiger partial charge in [0.2, 0.25) is 0 Å². The Labute approximate surface area is 62.0 Å². The summed E-state index contributed by atoms with van der Waals surface area (Å²) in [5.74, 6) is 1.17. The molecule has 0 atom stereocenters. The Morgan fingerprint density at radius 2 is 1.80 bits per heavy atom. The van der Waals surface area contributed by atoms with E-state index in [1.807, 2.05) is 13.8 Å². The molecule has 0 unspecified atom stereocenters. The molecule has 1 N–H and O–H groups in total. The van der Waals surface area contributed by atoms with Gasteiger partial charge in [-0.25, -0.2) is 0 Å². The Balaban J connectivity index is 3.95. The fourth-order valence-corrected chi connectivity index (χ4v) is 1.65. The summed E-state index contributed by atoms with van der Waals surface area (Å²) in [6.07, 6.45) is 3.69. The molecule has 0 aromatic rings. The molecule has 0 aliphatic rings. The maximum atomic E-state index is 6.98. The van der Waals surface area contributed by atoms with Crippen LogP contribution in [0.2, 0.25) is 0 Å². The smallest absolute Gasteiger partial charge is 0.157 e. The highest BCUT2D eigenvalue weighted by atomic mass is 31.2. The molecule has 0 radical (unpaired) electrons. The first kappa shape index (κ1) is 9.89. The molecule has 10 heavy (non-hydrogen) atoms. The molecule has 3 nitrogen and oxygen atoms in total. The Hall–Kier alpha value is -0.110. The van der Waals surface area contributed by atoms with E-state index in [2.05, 4.69) is 6.30 Å². The second-order valence-electron chi connectivity index (χ2n) is 1.69. The minimum Gasteiger partial charge on any atom is -0.334 e. The lowest BCUT2D eigenvalue weighted by Gasteiger charge is -2.17. The lowest BCUT2D eigenvalue weighted by molar-refractivity contribution is 0.276. The van der Waals surface area contributed by atoms with E-state index in [0.717, 1.165) is 0 Å². The van der Waals surface area contributed by atoms with Crippen molar-refractivity contribution in [2.24, 2.45) is 0 Å². The van der Waals surface area contributed by atoms with Crippen molar-refractivity contribution in [1.29, 1.82) is 5.41 Å². The lowest BCUT2D eigenvalue weighted by atomic mass is 10.9. The van der Waals surface area contributed by atoms with Gasteiger partial charge in [-0.3, -0.25) is 0 Å². The van der Waals surface area contributed by atoms with E-state index in [-0.39, 0.29) is 0 Å². The predicted molar refractivity (Wildman–Crippen MR) is 46.1 cm³/mol. The molecule has 0 aliphatic carbocycles. The average molecular weight is 163 g/mol. The maximum absolute atomic E-state index is 6.98. The van der Waals surface area contributed by atoms with Crippen molar-refractivity contribution in [3.63, 3.8) is 0 Å². The van der Waals surface area contributed by atoms with Crippen LogP contribution in [0.15, 0.2) is 0 Å². The van der Waals surface area contributed by atoms with Crippen molar-refractivity contribution >= 4 is 19.6 Å². The Morgan fingerprint density at radius 1 is 1.40 bits per heavy atom. The van der Waals surface area contributed by atoms with E-state index in [1.165, 1.54) is 5.96 Å². The first-order valence-corrected chi connectivity index (χ1v) is 5.10. The summed E-state index contributed by atoms with van der Waals surface area (Å²) in [7, 11) is -2.16. The molecule has 0 saturated heterocycles. The van der Waals surface area contributed by atoms with Gasteiger partial charge in [-0.1, -0.05) is 0 Å². The van der Waals surface area contributed by atoms with E-state index in [0.29, 0.717) is 13.2 Å². The van der Waals surface area contributed by atoms with Crippen molar-refractivity contribution in [3.05, 3.63) is 0 Å². The van der Waals surface area contributed by atoms with E-state index >= 15 is 0 Å². The molecule has 0 aromatic carbocycles. The number of hydrogen-bond acceptors (Lipinski definition) is 3. The molecule has 60 valence electrons. The minimum atomic E-state index is -2.16. The van der Waals surface area contributed by atoms with Gasteiger partial charge >= 0.3 is 0 Å². The van der Waals surface area contributed by atoms with Crippen LogP contribution in [0.1, 0.15) is 13.8 Å². The van der Waals surface area contributed by atoms with Gasteiger partial charge in [-0.2, -0.15) is 0 Å². The van der Waals surface area contributed by atoms with Crippen molar-refractivity contribution in [2.45, 2.75) is 13.8 Å². The van der Waals surface area contributed by atoms with Gasteiger partial charge in [-0.15, -0.1) is 0 Å². The SMILES string of the molecule is C=P(C=N)(OCC)OCC. The van der Waals surface area contributed by atoms with Gasteiger partial charge in [0.05, 0.1) is 19.2 Å². The molecular formula is C6H14NO2P. The number of hydrogen-bond donors (Lipinski definition) is 1. The first-order valence-electron chi connectivity index (χ1n) is 3.22. The van der Waals surface area contributed by atoms with Crippen LogP contribution < -0.4 is 0 Å². The molecule has 0 rings (SSSR count). The van der Waals surface area contributed by atoms with Gasteiger partial charge in [0.1, 0.15) is 0 Å². The third-order valence-corrected chi connectivity index (χ3v) is 2.68. The summed E-state index contributed by atoms with van der Waals surface area (Å²) in [6.45, 7) is 4.82. The highest BCUT2D eigenvalue weighted by Crippen LogP contribution is 2.43. The van der Waals surface area contributed by atoms with Gasteiger partial charge < -0.3 is 14.5 Å². The highest BCUT2D eigenvalue weighted by molar-refractivity contribution is 7.78. The third-order valence-electron chi connectivity index (χ3n) is 0.892. The van der Waals surface area contributed by atoms with E-state index in [9.17, 15) is 0 Å². The highest BCUT2D eigenvalue weighted by Gasteiger charge is 2.08. The Kier molecular flexibility index (Phi) is 4.62. The largest absolute Gasteiger partial charge is 0.334 e. The first-order chi connectivity index (χ1) is 4.68. The van der Waals surface area contributed by atoms with Crippen LogP contribution in [0.5, 0.6) is 0 Å². The van der Waals surface area contributed by atoms with Gasteiger partial charge in [0.15, 0.2) is 7.34 Å². The minimum absolute atomic E-state index is 0.548. The van der Waals surface area contributed by atoms with E-state index in [1.54, 1.807) is 0 Å². The van der Waals surface area contributed by atoms with Crippen LogP contribution in [0.25, 0.3) is 0 Å². The summed E-state index contributed by atoms with van der Waals surface area (Å²) >= 11 is 0. The fourth-order valence-electron chi connectivity index (χ4n) is 0.549. The summed E-state index contributed by atoms with van der Waals surface area (Å²) in [6, 6.07) is 0. The molecule has 4 heteroatoms. The Bertz CT molecular complexity index is 137. The van der Waals surface area contributed by atoms with E-state index in [4.69, 9.17) is 14.5 Å². The average Bonchev–Trinajstić information content (AvgIpc) is 1.89. The summed E-state index contributed by atoms with van der Waals surface area (Å²) in [5, 5.41) is 6.98. The normalized spacial score (nSPS) is 11.4. The molecule has 0 bridgehead atoms. The molecular weight excluding hydrogens is 149 g/mol. The quantitative estimate of drug-likeness (QED) is 0.497. The van der Waals surface area contributed by atoms with E-state index < -0.39 is 7.34 Å². The second-order valence-corrected chi connectivity index (χ2v) is 3.92. The van der Waals surface area contributed by atoms with Crippen LogP contribution in [0, 0.1) is 5.41 Å². The van der Waals surface area contributed by atoms with Crippen LogP contribution in [0.3, 0.4) is 0 Å². The second kappa shape index (κ2) is 4.67. The lowest BCUT2D eigenvalue weighted by Crippen LogP contribution is -1.95. The maximum Gasteiger partial charge on any atom is 0.157 e. The topological polar surface area (TPSA) is 42.3 Å². The molecule has 0 spiro atoms. The van der Waals surface area contributed by atoms with Crippen LogP contribution >= 0.6 is 7.34 Å². The van der Waals surface area contributed by atoms with Gasteiger partial charge in [0.25, 0.3) is 0 Å². The summed E-state index contributed by atoms with van der Waals surface area (Å²) < 4.78 is 10.3. The van der Waals surface area contributed by atoms with Crippen molar-refractivity contribution in [1.82, 2.24) is 0 Å². The molecule has 0 heterocycles. The zero-order valence-electron chi connectivity index (χ0n) is 6.46. The summed E-state index contributed by atoms with van der Waals surface area (Å²) in [4.78, 5) is 0.